The summed E-state index contributed by atoms with van der Waals surface area (Å²) in [5, 5.41) is 9.84. The molecule has 3 N–H and O–H groups in total. The molecule has 2 aromatic rings. The fraction of sp³-hybridized carbons (Fsp3) is 0.368. The van der Waals surface area contributed by atoms with Gasteiger partial charge in [0.2, 0.25) is 0 Å². The van der Waals surface area contributed by atoms with Crippen molar-refractivity contribution >= 4 is 17.1 Å². The molecule has 128 valence electrons. The predicted octanol–water partition coefficient (Wildman–Crippen LogP) is 2.66. The minimum Gasteiger partial charge on any atom is -0.497 e. The number of methoxy groups -OCH3 is 1. The summed E-state index contributed by atoms with van der Waals surface area (Å²) in [5.41, 5.74) is 9.72. The van der Waals surface area contributed by atoms with E-state index in [1.54, 1.807) is 14.0 Å². The van der Waals surface area contributed by atoms with Gasteiger partial charge >= 0.3 is 0 Å². The molecule has 2 aromatic carbocycles. The highest BCUT2D eigenvalue weighted by atomic mass is 16.5. The first-order valence-corrected chi connectivity index (χ1v) is 8.30. The normalized spacial score (nSPS) is 16.1. The Morgan fingerprint density at radius 2 is 1.50 bits per heavy atom. The molecule has 0 saturated carbocycles. The van der Waals surface area contributed by atoms with Gasteiger partial charge in [-0.05, 0) is 49.4 Å². The van der Waals surface area contributed by atoms with E-state index in [9.17, 15) is 5.11 Å². The number of ether oxygens (including phenoxy) is 1. The summed E-state index contributed by atoms with van der Waals surface area (Å²) in [6.07, 6.45) is -0.550. The van der Waals surface area contributed by atoms with Crippen molar-refractivity contribution in [2.24, 2.45) is 0 Å². The van der Waals surface area contributed by atoms with Gasteiger partial charge in [0.05, 0.1) is 13.2 Å². The topological polar surface area (TPSA) is 62.0 Å². The number of aliphatic hydroxyl groups is 1. The lowest BCUT2D eigenvalue weighted by atomic mass is 10.1. The van der Waals surface area contributed by atoms with Crippen LogP contribution < -0.4 is 20.3 Å². The molecule has 1 fully saturated rings. The minimum atomic E-state index is -0.550. The van der Waals surface area contributed by atoms with Crippen molar-refractivity contribution in [3.05, 3.63) is 48.0 Å². The molecule has 1 atom stereocenters. The molecule has 0 spiro atoms. The van der Waals surface area contributed by atoms with E-state index in [0.29, 0.717) is 5.69 Å². The first-order chi connectivity index (χ1) is 11.6. The second-order valence-electron chi connectivity index (χ2n) is 6.16. The van der Waals surface area contributed by atoms with E-state index in [2.05, 4.69) is 21.9 Å². The number of hydrogen-bond acceptors (Lipinski definition) is 5. The fourth-order valence-electron chi connectivity index (χ4n) is 3.14. The molecule has 0 aromatic heterocycles. The number of benzene rings is 2. The number of aliphatic hydroxyl groups excluding tert-OH is 1. The smallest absolute Gasteiger partial charge is 0.119 e. The number of nitrogens with zero attached hydrogens (tertiary/aromatic N) is 2. The number of hydrogen-bond donors (Lipinski definition) is 2. The lowest BCUT2D eigenvalue weighted by Gasteiger charge is -2.37. The van der Waals surface area contributed by atoms with Crippen LogP contribution in [0.4, 0.5) is 17.1 Å². The molecular formula is C19H25N3O2. The molecule has 5 nitrogen and oxygen atoms in total. The Morgan fingerprint density at radius 1 is 0.958 bits per heavy atom. The van der Waals surface area contributed by atoms with E-state index in [4.69, 9.17) is 10.5 Å². The van der Waals surface area contributed by atoms with Gasteiger partial charge in [-0.15, -0.1) is 0 Å². The maximum atomic E-state index is 9.84. The van der Waals surface area contributed by atoms with Crippen LogP contribution in [0.15, 0.2) is 42.5 Å². The van der Waals surface area contributed by atoms with Gasteiger partial charge in [-0.1, -0.05) is 0 Å². The van der Waals surface area contributed by atoms with E-state index >= 15 is 0 Å². The second kappa shape index (κ2) is 7.01. The lowest BCUT2D eigenvalue weighted by molar-refractivity contribution is 0.200. The van der Waals surface area contributed by atoms with E-state index < -0.39 is 6.10 Å². The number of anilines is 3. The van der Waals surface area contributed by atoms with Gasteiger partial charge < -0.3 is 25.4 Å². The molecule has 0 amide bonds. The summed E-state index contributed by atoms with van der Waals surface area (Å²) >= 11 is 0. The van der Waals surface area contributed by atoms with Gasteiger partial charge in [-0.2, -0.15) is 0 Å². The number of rotatable bonds is 4. The van der Waals surface area contributed by atoms with Gasteiger partial charge in [0.15, 0.2) is 0 Å². The molecule has 1 heterocycles. The predicted molar refractivity (Wildman–Crippen MR) is 98.9 cm³/mol. The molecule has 24 heavy (non-hydrogen) atoms. The van der Waals surface area contributed by atoms with Crippen LogP contribution in [0.25, 0.3) is 0 Å². The minimum absolute atomic E-state index is 0.550. The summed E-state index contributed by atoms with van der Waals surface area (Å²) < 4.78 is 5.21. The third kappa shape index (κ3) is 3.41. The average molecular weight is 327 g/mol. The molecule has 1 aliphatic rings. The monoisotopic (exact) mass is 327 g/mol. The molecule has 1 aliphatic heterocycles. The van der Waals surface area contributed by atoms with Crippen molar-refractivity contribution < 1.29 is 9.84 Å². The maximum Gasteiger partial charge on any atom is 0.119 e. The summed E-state index contributed by atoms with van der Waals surface area (Å²) in [6, 6.07) is 14.1. The number of nitrogen functional groups attached to an aromatic ring is 1. The zero-order valence-corrected chi connectivity index (χ0v) is 14.3. The quantitative estimate of drug-likeness (QED) is 0.846. The second-order valence-corrected chi connectivity index (χ2v) is 6.16. The van der Waals surface area contributed by atoms with Gasteiger partial charge in [0.1, 0.15) is 5.75 Å². The molecule has 5 heteroatoms. The van der Waals surface area contributed by atoms with Gasteiger partial charge in [-0.3, -0.25) is 0 Å². The number of nitrogens with two attached hydrogens (primary N) is 1. The molecule has 0 aliphatic carbocycles. The zero-order valence-electron chi connectivity index (χ0n) is 14.3. The lowest BCUT2D eigenvalue weighted by Crippen LogP contribution is -2.46. The van der Waals surface area contributed by atoms with E-state index in [-0.39, 0.29) is 0 Å². The van der Waals surface area contributed by atoms with Gasteiger partial charge in [0, 0.05) is 48.8 Å². The van der Waals surface area contributed by atoms with Crippen molar-refractivity contribution in [3.8, 4) is 5.75 Å². The molecule has 1 saturated heterocycles. The summed E-state index contributed by atoms with van der Waals surface area (Å²) in [7, 11) is 1.68. The Labute approximate surface area is 143 Å². The van der Waals surface area contributed by atoms with Crippen LogP contribution in [0.5, 0.6) is 5.75 Å². The third-order valence-electron chi connectivity index (χ3n) is 4.60. The van der Waals surface area contributed by atoms with Gasteiger partial charge in [-0.25, -0.2) is 0 Å². The van der Waals surface area contributed by atoms with Gasteiger partial charge in [0.25, 0.3) is 0 Å². The van der Waals surface area contributed by atoms with E-state index in [0.717, 1.165) is 43.2 Å². The Morgan fingerprint density at radius 3 is 2.04 bits per heavy atom. The first kappa shape index (κ1) is 16.5. The molecule has 1 unspecified atom stereocenters. The summed E-state index contributed by atoms with van der Waals surface area (Å²) in [5.74, 6) is 0.880. The van der Waals surface area contributed by atoms with Crippen LogP contribution in [0.1, 0.15) is 18.6 Å². The molecule has 3 rings (SSSR count). The Bertz CT molecular complexity index is 678. The molecule has 0 radical (unpaired) electrons. The Hall–Kier alpha value is -2.40. The maximum absolute atomic E-state index is 9.84. The van der Waals surface area contributed by atoms with Crippen LogP contribution in [-0.2, 0) is 0 Å². The summed E-state index contributed by atoms with van der Waals surface area (Å²) in [6.45, 7) is 5.54. The highest BCUT2D eigenvalue weighted by molar-refractivity contribution is 5.60. The average Bonchev–Trinajstić information content (AvgIpc) is 2.62. The van der Waals surface area contributed by atoms with Crippen LogP contribution in [0.3, 0.4) is 0 Å². The molecular weight excluding hydrogens is 302 g/mol. The van der Waals surface area contributed by atoms with Crippen molar-refractivity contribution in [3.63, 3.8) is 0 Å². The van der Waals surface area contributed by atoms with Crippen molar-refractivity contribution in [1.82, 2.24) is 0 Å². The highest BCUT2D eigenvalue weighted by Crippen LogP contribution is 2.28. The third-order valence-corrected chi connectivity index (χ3v) is 4.60. The fourth-order valence-corrected chi connectivity index (χ4v) is 3.14. The SMILES string of the molecule is COc1ccc(N2CCN(c3ccc(N)c(C(C)O)c3)CC2)cc1. The Kier molecular flexibility index (Phi) is 4.81. The largest absolute Gasteiger partial charge is 0.497 e. The van der Waals surface area contributed by atoms with Crippen LogP contribution in [0.2, 0.25) is 0 Å². The number of piperazine rings is 1. The highest BCUT2D eigenvalue weighted by Gasteiger charge is 2.19. The van der Waals surface area contributed by atoms with Crippen LogP contribution >= 0.6 is 0 Å². The van der Waals surface area contributed by atoms with E-state index in [1.165, 1.54) is 5.69 Å². The van der Waals surface area contributed by atoms with Crippen LogP contribution in [0, 0.1) is 0 Å². The van der Waals surface area contributed by atoms with E-state index in [1.807, 2.05) is 30.3 Å². The summed E-state index contributed by atoms with van der Waals surface area (Å²) in [4.78, 5) is 4.72. The zero-order chi connectivity index (χ0) is 17.1. The van der Waals surface area contributed by atoms with Crippen LogP contribution in [-0.4, -0.2) is 38.4 Å². The van der Waals surface area contributed by atoms with Crippen molar-refractivity contribution in [1.29, 1.82) is 0 Å². The Balaban J connectivity index is 1.67. The van der Waals surface area contributed by atoms with Crippen molar-refractivity contribution in [2.75, 3.05) is 48.8 Å². The first-order valence-electron chi connectivity index (χ1n) is 8.30. The van der Waals surface area contributed by atoms with Crippen molar-refractivity contribution in [2.45, 2.75) is 13.0 Å². The molecule has 0 bridgehead atoms. The standard InChI is InChI=1S/C19H25N3O2/c1-14(23)18-13-16(5-8-19(18)20)22-11-9-21(10-12-22)15-3-6-17(24-2)7-4-15/h3-8,13-14,23H,9-12,20H2,1-2H3.